The van der Waals surface area contributed by atoms with Gasteiger partial charge in [-0.05, 0) is 19.9 Å². The van der Waals surface area contributed by atoms with Crippen molar-refractivity contribution in [1.82, 2.24) is 9.88 Å². The molecule has 4 rings (SSSR count). The molecule has 2 heterocycles. The molecule has 0 spiro atoms. The molecular formula is C23H23N3O2S. The number of aryl methyl sites for hydroxylation is 2. The van der Waals surface area contributed by atoms with E-state index in [0.717, 1.165) is 27.4 Å². The van der Waals surface area contributed by atoms with Crippen LogP contribution in [0, 0.1) is 19.3 Å². The third-order valence-electron chi connectivity index (χ3n) is 5.07. The van der Waals surface area contributed by atoms with Crippen LogP contribution in [-0.2, 0) is 6.54 Å². The van der Waals surface area contributed by atoms with Gasteiger partial charge < -0.3 is 14.7 Å². The summed E-state index contributed by atoms with van der Waals surface area (Å²) < 4.78 is 5.42. The second kappa shape index (κ2) is 7.72. The van der Waals surface area contributed by atoms with Gasteiger partial charge in [0.05, 0.1) is 24.9 Å². The number of thiazole rings is 1. The molecule has 5 nitrogen and oxygen atoms in total. The predicted molar refractivity (Wildman–Crippen MR) is 118 cm³/mol. The van der Waals surface area contributed by atoms with Crippen molar-refractivity contribution in [3.8, 4) is 17.0 Å². The summed E-state index contributed by atoms with van der Waals surface area (Å²) in [5.41, 5.74) is 4.65. The highest BCUT2D eigenvalue weighted by molar-refractivity contribution is 7.13. The van der Waals surface area contributed by atoms with Crippen molar-refractivity contribution in [3.05, 3.63) is 75.3 Å². The normalized spacial score (nSPS) is 14.0. The van der Waals surface area contributed by atoms with Crippen molar-refractivity contribution < 1.29 is 9.84 Å². The summed E-state index contributed by atoms with van der Waals surface area (Å²) in [6.45, 7) is 4.87. The maximum atomic E-state index is 10.6. The number of ether oxygens (including phenoxy) is 1. The Morgan fingerprint density at radius 3 is 2.59 bits per heavy atom. The minimum atomic E-state index is 0.189. The van der Waals surface area contributed by atoms with E-state index in [2.05, 4.69) is 31.2 Å². The molecule has 29 heavy (non-hydrogen) atoms. The van der Waals surface area contributed by atoms with E-state index in [9.17, 15) is 5.11 Å². The van der Waals surface area contributed by atoms with Gasteiger partial charge in [-0.3, -0.25) is 5.41 Å². The number of aliphatic hydroxyl groups excluding tert-OH is 1. The van der Waals surface area contributed by atoms with Gasteiger partial charge in [0, 0.05) is 22.5 Å². The average Bonchev–Trinajstić information content (AvgIpc) is 3.22. The van der Waals surface area contributed by atoms with Crippen molar-refractivity contribution in [2.24, 2.45) is 0 Å². The summed E-state index contributed by atoms with van der Waals surface area (Å²) >= 11 is 1.51. The Balaban J connectivity index is 1.61. The lowest BCUT2D eigenvalue weighted by molar-refractivity contribution is 0.341. The van der Waals surface area contributed by atoms with Crippen molar-refractivity contribution in [3.63, 3.8) is 0 Å². The monoisotopic (exact) mass is 405 g/mol. The molecule has 0 bridgehead atoms. The van der Waals surface area contributed by atoms with E-state index in [1.165, 1.54) is 16.9 Å². The van der Waals surface area contributed by atoms with E-state index in [0.29, 0.717) is 23.7 Å². The minimum Gasteiger partial charge on any atom is -0.510 e. The number of benzene rings is 2. The van der Waals surface area contributed by atoms with Gasteiger partial charge in [-0.25, -0.2) is 4.98 Å². The van der Waals surface area contributed by atoms with E-state index < -0.39 is 0 Å². The van der Waals surface area contributed by atoms with E-state index in [-0.39, 0.29) is 11.6 Å². The number of hydrogen-bond donors (Lipinski definition) is 2. The predicted octanol–water partition coefficient (Wildman–Crippen LogP) is 5.20. The van der Waals surface area contributed by atoms with Crippen LogP contribution in [0.5, 0.6) is 5.75 Å². The zero-order valence-electron chi connectivity index (χ0n) is 16.7. The Morgan fingerprint density at radius 1 is 1.14 bits per heavy atom. The van der Waals surface area contributed by atoms with Crippen LogP contribution in [0.15, 0.2) is 54.3 Å². The summed E-state index contributed by atoms with van der Waals surface area (Å²) in [4.78, 5) is 7.68. The van der Waals surface area contributed by atoms with Gasteiger partial charge >= 0.3 is 0 Å². The van der Waals surface area contributed by atoms with Crippen molar-refractivity contribution in [2.45, 2.75) is 20.4 Å². The topological polar surface area (TPSA) is 69.4 Å². The molecule has 0 fully saturated rings. The van der Waals surface area contributed by atoms with E-state index in [1.54, 1.807) is 7.11 Å². The van der Waals surface area contributed by atoms with Crippen molar-refractivity contribution in [2.75, 3.05) is 13.7 Å². The molecular weight excluding hydrogens is 382 g/mol. The Hall–Kier alpha value is -3.12. The van der Waals surface area contributed by atoms with E-state index in [4.69, 9.17) is 15.1 Å². The fourth-order valence-corrected chi connectivity index (χ4v) is 4.52. The number of amidine groups is 1. The molecule has 0 unspecified atom stereocenters. The second-order valence-corrected chi connectivity index (χ2v) is 8.33. The smallest absolute Gasteiger partial charge is 0.135 e. The summed E-state index contributed by atoms with van der Waals surface area (Å²) in [6.07, 6.45) is 0. The molecule has 148 valence electrons. The van der Waals surface area contributed by atoms with Gasteiger partial charge in [0.15, 0.2) is 0 Å². The molecule has 0 radical (unpaired) electrons. The van der Waals surface area contributed by atoms with Crippen LogP contribution in [0.4, 0.5) is 0 Å². The average molecular weight is 406 g/mol. The first-order valence-electron chi connectivity index (χ1n) is 9.40. The fraction of sp³-hybridized carbons (Fsp3) is 0.217. The van der Waals surface area contributed by atoms with Crippen LogP contribution in [0.25, 0.3) is 16.8 Å². The molecule has 1 aromatic heterocycles. The highest BCUT2D eigenvalue weighted by Gasteiger charge is 2.31. The van der Waals surface area contributed by atoms with Crippen LogP contribution in [0.3, 0.4) is 0 Å². The standard InChI is InChI=1S/C23H23N3O2S/c1-14-8-10-16(11-9-14)21-15(2)29-23(25-21)20-18(27)13-26(22(20)24)12-17-6-4-5-7-19(17)28-3/h4-11,24,27H,12-13H2,1-3H3. The fourth-order valence-electron chi connectivity index (χ4n) is 3.52. The largest absolute Gasteiger partial charge is 0.510 e. The SMILES string of the molecule is COc1ccccc1CN1CC(O)=C(c2nc(-c3ccc(C)cc3)c(C)s2)C1=N. The molecule has 2 N–H and O–H groups in total. The molecule has 0 saturated carbocycles. The summed E-state index contributed by atoms with van der Waals surface area (Å²) in [5.74, 6) is 1.26. The quantitative estimate of drug-likeness (QED) is 0.612. The van der Waals surface area contributed by atoms with Crippen LogP contribution >= 0.6 is 11.3 Å². The van der Waals surface area contributed by atoms with Gasteiger partial charge in [0.1, 0.15) is 22.4 Å². The van der Waals surface area contributed by atoms with E-state index >= 15 is 0 Å². The third-order valence-corrected chi connectivity index (χ3v) is 6.06. The number of nitrogens with one attached hydrogen (secondary N) is 1. The van der Waals surface area contributed by atoms with Crippen molar-refractivity contribution >= 4 is 22.7 Å². The Labute approximate surface area is 174 Å². The molecule has 0 saturated heterocycles. The number of nitrogens with zero attached hydrogens (tertiary/aromatic N) is 2. The maximum Gasteiger partial charge on any atom is 0.135 e. The first-order valence-corrected chi connectivity index (χ1v) is 10.2. The number of methoxy groups -OCH3 is 1. The zero-order chi connectivity index (χ0) is 20.5. The van der Waals surface area contributed by atoms with Gasteiger partial charge in [-0.1, -0.05) is 48.0 Å². The van der Waals surface area contributed by atoms with Crippen LogP contribution < -0.4 is 4.74 Å². The van der Waals surface area contributed by atoms with Gasteiger partial charge in [-0.2, -0.15) is 0 Å². The number of aromatic nitrogens is 1. The maximum absolute atomic E-state index is 10.6. The molecule has 0 aliphatic carbocycles. The van der Waals surface area contributed by atoms with Gasteiger partial charge in [0.2, 0.25) is 0 Å². The van der Waals surface area contributed by atoms with Gasteiger partial charge in [-0.15, -0.1) is 11.3 Å². The summed E-state index contributed by atoms with van der Waals surface area (Å²) in [7, 11) is 1.64. The summed E-state index contributed by atoms with van der Waals surface area (Å²) in [6, 6.07) is 16.0. The summed E-state index contributed by atoms with van der Waals surface area (Å²) in [5, 5.41) is 20.0. The second-order valence-electron chi connectivity index (χ2n) is 7.13. The Bertz CT molecular complexity index is 1100. The van der Waals surface area contributed by atoms with Gasteiger partial charge in [0.25, 0.3) is 0 Å². The van der Waals surface area contributed by atoms with Crippen LogP contribution in [-0.4, -0.2) is 34.5 Å². The first kappa shape index (κ1) is 19.2. The van der Waals surface area contributed by atoms with Crippen LogP contribution in [0.2, 0.25) is 0 Å². The minimum absolute atomic E-state index is 0.189. The molecule has 2 aromatic carbocycles. The lowest BCUT2D eigenvalue weighted by atomic mass is 10.1. The molecule has 0 atom stereocenters. The number of hydrogen-bond acceptors (Lipinski definition) is 5. The Morgan fingerprint density at radius 2 is 1.86 bits per heavy atom. The molecule has 0 amide bonds. The number of para-hydroxylation sites is 1. The third kappa shape index (κ3) is 3.63. The van der Waals surface area contributed by atoms with Crippen molar-refractivity contribution in [1.29, 1.82) is 5.41 Å². The number of aliphatic hydroxyl groups is 1. The molecule has 1 aliphatic heterocycles. The highest BCUT2D eigenvalue weighted by atomic mass is 32.1. The number of rotatable bonds is 5. The van der Waals surface area contributed by atoms with E-state index in [1.807, 2.05) is 36.1 Å². The van der Waals surface area contributed by atoms with Crippen LogP contribution in [0.1, 0.15) is 21.0 Å². The highest BCUT2D eigenvalue weighted by Crippen LogP contribution is 2.36. The lowest BCUT2D eigenvalue weighted by Gasteiger charge is -2.20. The molecule has 6 heteroatoms. The molecule has 3 aromatic rings. The first-order chi connectivity index (χ1) is 14.0. The zero-order valence-corrected chi connectivity index (χ0v) is 17.5. The molecule has 1 aliphatic rings. The lowest BCUT2D eigenvalue weighted by Crippen LogP contribution is -2.26. The Kier molecular flexibility index (Phi) is 5.11.